The summed E-state index contributed by atoms with van der Waals surface area (Å²) in [6, 6.07) is 0. The summed E-state index contributed by atoms with van der Waals surface area (Å²) < 4.78 is 34.6. The highest BCUT2D eigenvalue weighted by atomic mass is 31.2. The van der Waals surface area contributed by atoms with E-state index in [0.29, 0.717) is 24.1 Å². The van der Waals surface area contributed by atoms with Gasteiger partial charge in [-0.25, -0.2) is 0 Å². The molecular weight excluding hydrogens is 721 g/mol. The predicted molar refractivity (Wildman–Crippen MR) is 236 cm³/mol. The van der Waals surface area contributed by atoms with E-state index in [1.165, 1.54) is 141 Å². The van der Waals surface area contributed by atoms with Crippen molar-refractivity contribution in [1.29, 1.82) is 0 Å². The van der Waals surface area contributed by atoms with Crippen molar-refractivity contribution in [2.45, 2.75) is 219 Å². The molecule has 0 N–H and O–H groups in total. The van der Waals surface area contributed by atoms with Crippen LogP contribution < -0.4 is 4.89 Å². The number of hydrogen-bond donors (Lipinski definition) is 0. The molecule has 0 aliphatic carbocycles. The maximum Gasteiger partial charge on any atom is 0.306 e. The second-order valence-electron chi connectivity index (χ2n) is 17.1. The van der Waals surface area contributed by atoms with Crippen LogP contribution in [0.25, 0.3) is 0 Å². The normalized spacial score (nSPS) is 13.9. The molecule has 0 aromatic heterocycles. The molecule has 8 nitrogen and oxygen atoms in total. The molecule has 332 valence electrons. The van der Waals surface area contributed by atoms with Crippen molar-refractivity contribution in [2.24, 2.45) is 0 Å². The number of carbonyl (C=O) groups is 1. The van der Waals surface area contributed by atoms with E-state index in [1.807, 2.05) is 21.1 Å². The quantitative estimate of drug-likeness (QED) is 0.0199. The van der Waals surface area contributed by atoms with Crippen LogP contribution in [0.3, 0.4) is 0 Å². The number of rotatable bonds is 44. The van der Waals surface area contributed by atoms with Crippen LogP contribution >= 0.6 is 7.82 Å². The molecule has 2 unspecified atom stereocenters. The van der Waals surface area contributed by atoms with E-state index in [9.17, 15) is 14.3 Å². The summed E-state index contributed by atoms with van der Waals surface area (Å²) >= 11 is 0. The first-order chi connectivity index (χ1) is 27.1. The van der Waals surface area contributed by atoms with Crippen LogP contribution in [0.5, 0.6) is 0 Å². The number of quaternary nitrogens is 1. The maximum absolute atomic E-state index is 12.7. The first-order valence-electron chi connectivity index (χ1n) is 23.6. The van der Waals surface area contributed by atoms with Crippen LogP contribution in [0.2, 0.25) is 0 Å². The highest BCUT2D eigenvalue weighted by molar-refractivity contribution is 7.45. The number of allylic oxidation sites excluding steroid dienone is 4. The second-order valence-corrected chi connectivity index (χ2v) is 18.5. The van der Waals surface area contributed by atoms with Crippen molar-refractivity contribution < 1.29 is 37.3 Å². The van der Waals surface area contributed by atoms with Crippen molar-refractivity contribution in [3.8, 4) is 0 Å². The Morgan fingerprint density at radius 2 is 1.00 bits per heavy atom. The van der Waals surface area contributed by atoms with Gasteiger partial charge in [-0.05, 0) is 38.5 Å². The van der Waals surface area contributed by atoms with Gasteiger partial charge in [-0.1, -0.05) is 192 Å². The third kappa shape index (κ3) is 44.1. The summed E-state index contributed by atoms with van der Waals surface area (Å²) in [7, 11) is 1.36. The van der Waals surface area contributed by atoms with Gasteiger partial charge in [0.05, 0.1) is 34.4 Å². The SMILES string of the molecule is CCCC/C=C\C/C=C\CCCCCCCCOCC(COP(=O)([O-])OCC[N+](C)(C)C)OC(=O)CCCCCCCCCCCCCCCCCCCCC. The topological polar surface area (TPSA) is 94.1 Å². The van der Waals surface area contributed by atoms with Gasteiger partial charge >= 0.3 is 5.97 Å². The number of unbranched alkanes of at least 4 members (excludes halogenated alkanes) is 26. The smallest absolute Gasteiger partial charge is 0.306 e. The molecule has 0 heterocycles. The third-order valence-corrected chi connectivity index (χ3v) is 11.2. The maximum atomic E-state index is 12.7. The Labute approximate surface area is 347 Å². The van der Waals surface area contributed by atoms with E-state index < -0.39 is 13.9 Å². The molecule has 2 atom stereocenters. The van der Waals surface area contributed by atoms with Gasteiger partial charge in [-0.2, -0.15) is 0 Å². The molecule has 0 radical (unpaired) electrons. The highest BCUT2D eigenvalue weighted by Crippen LogP contribution is 2.38. The monoisotopic (exact) mass is 814 g/mol. The van der Waals surface area contributed by atoms with Gasteiger partial charge in [0.15, 0.2) is 0 Å². The number of nitrogens with zero attached hydrogens (tertiary/aromatic N) is 1. The number of hydrogen-bond acceptors (Lipinski definition) is 7. The van der Waals surface area contributed by atoms with E-state index >= 15 is 0 Å². The van der Waals surface area contributed by atoms with Gasteiger partial charge in [0.2, 0.25) is 0 Å². The molecule has 0 fully saturated rings. The molecule has 0 aliphatic rings. The standard InChI is InChI=1S/C47H92NO7P/c1-6-8-10-12-14-16-18-20-22-23-24-25-26-28-30-32-34-36-38-40-47(49)55-46(45-54-56(50,51)53-43-41-48(3,4)5)44-52-42-39-37-35-33-31-29-27-21-19-17-15-13-11-9-7-2/h13,15,19,21,46H,6-12,14,16-18,20,22-45H2,1-5H3/b15-13-,21-19-. The zero-order chi connectivity index (χ0) is 41.3. The zero-order valence-electron chi connectivity index (χ0n) is 37.6. The van der Waals surface area contributed by atoms with Crippen LogP contribution in [0.1, 0.15) is 213 Å². The van der Waals surface area contributed by atoms with Gasteiger partial charge in [0.25, 0.3) is 7.82 Å². The molecule has 0 bridgehead atoms. The minimum Gasteiger partial charge on any atom is -0.756 e. The fourth-order valence-corrected chi connectivity index (χ4v) is 7.29. The summed E-state index contributed by atoms with van der Waals surface area (Å²) in [5.74, 6) is -0.334. The Kier molecular flexibility index (Phi) is 40.0. The summed E-state index contributed by atoms with van der Waals surface area (Å²) in [5.41, 5.74) is 0. The molecular formula is C47H92NO7P. The Hall–Kier alpha value is -1.02. The van der Waals surface area contributed by atoms with E-state index in [0.717, 1.165) is 51.4 Å². The van der Waals surface area contributed by atoms with E-state index in [4.69, 9.17) is 18.5 Å². The lowest BCUT2D eigenvalue weighted by Gasteiger charge is -2.28. The Bertz CT molecular complexity index is 951. The average Bonchev–Trinajstić information content (AvgIpc) is 3.15. The van der Waals surface area contributed by atoms with Crippen LogP contribution in [0, 0.1) is 0 Å². The molecule has 0 spiro atoms. The lowest BCUT2D eigenvalue weighted by molar-refractivity contribution is -0.870. The lowest BCUT2D eigenvalue weighted by atomic mass is 10.0. The minimum absolute atomic E-state index is 0.0259. The van der Waals surface area contributed by atoms with Crippen molar-refractivity contribution in [2.75, 3.05) is 54.1 Å². The van der Waals surface area contributed by atoms with Crippen molar-refractivity contribution >= 4 is 13.8 Å². The molecule has 56 heavy (non-hydrogen) atoms. The average molecular weight is 814 g/mol. The predicted octanol–water partition coefficient (Wildman–Crippen LogP) is 13.4. The van der Waals surface area contributed by atoms with Crippen molar-refractivity contribution in [3.05, 3.63) is 24.3 Å². The van der Waals surface area contributed by atoms with Crippen LogP contribution in [-0.2, 0) is 27.9 Å². The number of likely N-dealkylation sites (N-methyl/N-ethyl adjacent to an activating group) is 1. The lowest BCUT2D eigenvalue weighted by Crippen LogP contribution is -2.37. The van der Waals surface area contributed by atoms with Gasteiger partial charge < -0.3 is 27.9 Å². The summed E-state index contributed by atoms with van der Waals surface area (Å²) in [5, 5.41) is 0. The van der Waals surface area contributed by atoms with Crippen molar-refractivity contribution in [3.63, 3.8) is 0 Å². The molecule has 0 saturated heterocycles. The molecule has 9 heteroatoms. The number of carbonyl (C=O) groups excluding carboxylic acids is 1. The molecule has 0 aromatic carbocycles. The van der Waals surface area contributed by atoms with Crippen LogP contribution in [0.4, 0.5) is 0 Å². The fraction of sp³-hybridized carbons (Fsp3) is 0.894. The summed E-state index contributed by atoms with van der Waals surface area (Å²) in [4.78, 5) is 25.1. The third-order valence-electron chi connectivity index (χ3n) is 10.3. The first-order valence-corrected chi connectivity index (χ1v) is 25.0. The number of ether oxygens (including phenoxy) is 2. The first kappa shape index (κ1) is 55.0. The largest absolute Gasteiger partial charge is 0.756 e. The van der Waals surface area contributed by atoms with Crippen LogP contribution in [0.15, 0.2) is 24.3 Å². The summed E-state index contributed by atoms with van der Waals surface area (Å²) in [6.07, 6.45) is 46.2. The molecule has 0 rings (SSSR count). The van der Waals surface area contributed by atoms with Gasteiger partial charge in [-0.15, -0.1) is 0 Å². The fourth-order valence-electron chi connectivity index (χ4n) is 6.56. The molecule has 0 aromatic rings. The number of esters is 1. The highest BCUT2D eigenvalue weighted by Gasteiger charge is 2.20. The van der Waals surface area contributed by atoms with E-state index in [1.54, 1.807) is 0 Å². The Morgan fingerprint density at radius 3 is 1.50 bits per heavy atom. The minimum atomic E-state index is -4.52. The van der Waals surface area contributed by atoms with Gasteiger partial charge in [-0.3, -0.25) is 9.36 Å². The Balaban J connectivity index is 4.17. The second kappa shape index (κ2) is 40.7. The van der Waals surface area contributed by atoms with Gasteiger partial charge in [0, 0.05) is 13.0 Å². The molecule has 0 amide bonds. The summed E-state index contributed by atoms with van der Waals surface area (Å²) in [6.45, 7) is 5.38. The van der Waals surface area contributed by atoms with Crippen LogP contribution in [-0.4, -0.2) is 70.7 Å². The molecule has 0 aliphatic heterocycles. The van der Waals surface area contributed by atoms with E-state index in [-0.39, 0.29) is 25.8 Å². The van der Waals surface area contributed by atoms with Gasteiger partial charge in [0.1, 0.15) is 19.3 Å². The van der Waals surface area contributed by atoms with Crippen molar-refractivity contribution in [1.82, 2.24) is 0 Å². The number of phosphoric ester groups is 1. The number of phosphoric acid groups is 1. The Morgan fingerprint density at radius 1 is 0.554 bits per heavy atom. The zero-order valence-corrected chi connectivity index (χ0v) is 38.5. The van der Waals surface area contributed by atoms with E-state index in [2.05, 4.69) is 38.2 Å². The molecule has 0 saturated carbocycles.